The molecule has 0 aliphatic rings. The zero-order valence-corrected chi connectivity index (χ0v) is 12.7. The van der Waals surface area contributed by atoms with Gasteiger partial charge in [0, 0.05) is 18.3 Å². The molecule has 3 aromatic rings. The summed E-state index contributed by atoms with van der Waals surface area (Å²) in [5.41, 5.74) is 0.940. The number of anilines is 1. The van der Waals surface area contributed by atoms with Crippen LogP contribution in [0.3, 0.4) is 0 Å². The molecule has 0 saturated carbocycles. The van der Waals surface area contributed by atoms with Gasteiger partial charge in [0.25, 0.3) is 10.0 Å². The zero-order chi connectivity index (χ0) is 15.7. The fourth-order valence-corrected chi connectivity index (χ4v) is 3.11. The molecule has 8 heteroatoms. The number of sulfonamides is 1. The quantitative estimate of drug-likeness (QED) is 0.794. The fraction of sp³-hybridized carbons (Fsp3) is 0.143. The Morgan fingerprint density at radius 1 is 1.14 bits per heavy atom. The predicted octanol–water partition coefficient (Wildman–Crippen LogP) is 2.75. The highest BCUT2D eigenvalue weighted by atomic mass is 32.2. The molecule has 0 bridgehead atoms. The summed E-state index contributed by atoms with van der Waals surface area (Å²) in [5.74, 6) is 1.16. The first-order valence-electron chi connectivity index (χ1n) is 6.43. The van der Waals surface area contributed by atoms with E-state index in [2.05, 4.69) is 14.9 Å². The summed E-state index contributed by atoms with van der Waals surface area (Å²) >= 11 is 0. The second-order valence-corrected chi connectivity index (χ2v) is 6.38. The third-order valence-electron chi connectivity index (χ3n) is 2.99. The minimum Gasteiger partial charge on any atom is -0.456 e. The number of nitrogens with one attached hydrogen (secondary N) is 1. The number of furan rings is 1. The van der Waals surface area contributed by atoms with Crippen LogP contribution in [-0.2, 0) is 10.0 Å². The molecule has 0 amide bonds. The average Bonchev–Trinajstić information content (AvgIpc) is 3.10. The summed E-state index contributed by atoms with van der Waals surface area (Å²) in [7, 11) is -3.80. The predicted molar refractivity (Wildman–Crippen MR) is 78.7 cm³/mol. The second-order valence-electron chi connectivity index (χ2n) is 4.73. The number of pyridine rings is 1. The normalized spacial score (nSPS) is 11.5. The third-order valence-corrected chi connectivity index (χ3v) is 4.45. The molecule has 0 atom stereocenters. The fourth-order valence-electron chi connectivity index (χ4n) is 1.92. The standard InChI is InChI=1S/C14H13N3O4S/c1-9-3-4-14(15-8-9)17-22(18,19)13-7-12(20-10(13)2)11-5-6-16-21-11/h3-8H,1-2H3,(H,15,17). The van der Waals surface area contributed by atoms with Crippen molar-refractivity contribution in [3.63, 3.8) is 0 Å². The third kappa shape index (κ3) is 2.73. The van der Waals surface area contributed by atoms with Gasteiger partial charge in [0.15, 0.2) is 5.76 Å². The molecule has 0 fully saturated rings. The Morgan fingerprint density at radius 2 is 1.95 bits per heavy atom. The van der Waals surface area contributed by atoms with E-state index in [1.807, 2.05) is 6.92 Å². The van der Waals surface area contributed by atoms with Crippen molar-refractivity contribution in [2.75, 3.05) is 4.72 Å². The molecule has 7 nitrogen and oxygen atoms in total. The largest absolute Gasteiger partial charge is 0.456 e. The van der Waals surface area contributed by atoms with E-state index in [0.29, 0.717) is 11.5 Å². The SMILES string of the molecule is Cc1ccc(NS(=O)(=O)c2cc(-c3ccno3)oc2C)nc1. The molecular weight excluding hydrogens is 306 g/mol. The van der Waals surface area contributed by atoms with E-state index in [1.165, 1.54) is 12.3 Å². The molecule has 3 heterocycles. The molecule has 3 aromatic heterocycles. The second kappa shape index (κ2) is 5.30. The number of aromatic nitrogens is 2. The van der Waals surface area contributed by atoms with Gasteiger partial charge in [-0.15, -0.1) is 0 Å². The van der Waals surface area contributed by atoms with Gasteiger partial charge < -0.3 is 8.94 Å². The van der Waals surface area contributed by atoms with Crippen LogP contribution in [0.25, 0.3) is 11.5 Å². The van der Waals surface area contributed by atoms with Crippen molar-refractivity contribution in [2.45, 2.75) is 18.7 Å². The molecule has 22 heavy (non-hydrogen) atoms. The van der Waals surface area contributed by atoms with Gasteiger partial charge in [-0.1, -0.05) is 11.2 Å². The number of hydrogen-bond acceptors (Lipinski definition) is 6. The highest BCUT2D eigenvalue weighted by molar-refractivity contribution is 7.92. The Morgan fingerprint density at radius 3 is 2.59 bits per heavy atom. The number of hydrogen-bond donors (Lipinski definition) is 1. The van der Waals surface area contributed by atoms with Crippen LogP contribution in [0.2, 0.25) is 0 Å². The summed E-state index contributed by atoms with van der Waals surface area (Å²) in [6.07, 6.45) is 3.04. The molecule has 3 rings (SSSR count). The van der Waals surface area contributed by atoms with Gasteiger partial charge in [0.05, 0.1) is 6.20 Å². The average molecular weight is 319 g/mol. The van der Waals surface area contributed by atoms with Gasteiger partial charge in [0.1, 0.15) is 16.5 Å². The van der Waals surface area contributed by atoms with Crippen LogP contribution < -0.4 is 4.72 Å². The first-order chi connectivity index (χ1) is 10.5. The van der Waals surface area contributed by atoms with Crippen molar-refractivity contribution in [1.29, 1.82) is 0 Å². The summed E-state index contributed by atoms with van der Waals surface area (Å²) in [4.78, 5) is 4.05. The molecule has 0 radical (unpaired) electrons. The minimum atomic E-state index is -3.80. The highest BCUT2D eigenvalue weighted by Gasteiger charge is 2.23. The lowest BCUT2D eigenvalue weighted by atomic mass is 10.3. The van der Waals surface area contributed by atoms with Crippen LogP contribution >= 0.6 is 0 Å². The molecule has 0 spiro atoms. The van der Waals surface area contributed by atoms with Crippen LogP contribution in [0, 0.1) is 13.8 Å². The van der Waals surface area contributed by atoms with Gasteiger partial charge in [-0.25, -0.2) is 13.4 Å². The highest BCUT2D eigenvalue weighted by Crippen LogP contribution is 2.28. The smallest absolute Gasteiger partial charge is 0.266 e. The maximum atomic E-state index is 12.4. The molecule has 0 unspecified atom stereocenters. The minimum absolute atomic E-state index is 0.0290. The summed E-state index contributed by atoms with van der Waals surface area (Å²) in [6.45, 7) is 3.44. The van der Waals surface area contributed by atoms with E-state index >= 15 is 0 Å². The van der Waals surface area contributed by atoms with Gasteiger partial charge >= 0.3 is 0 Å². The molecule has 114 valence electrons. The summed E-state index contributed by atoms with van der Waals surface area (Å²) in [5, 5.41) is 3.57. The van der Waals surface area contributed by atoms with Crippen LogP contribution in [0.15, 0.2) is 50.5 Å². The first-order valence-corrected chi connectivity index (χ1v) is 7.91. The molecule has 0 saturated heterocycles. The molecule has 0 aromatic carbocycles. The lowest BCUT2D eigenvalue weighted by Crippen LogP contribution is -2.14. The number of nitrogens with zero attached hydrogens (tertiary/aromatic N) is 2. The molecule has 0 aliphatic heterocycles. The van der Waals surface area contributed by atoms with Gasteiger partial charge in [-0.3, -0.25) is 4.72 Å². The monoisotopic (exact) mass is 319 g/mol. The molecule has 1 N–H and O–H groups in total. The van der Waals surface area contributed by atoms with E-state index in [1.54, 1.807) is 31.3 Å². The van der Waals surface area contributed by atoms with E-state index in [0.717, 1.165) is 5.56 Å². The van der Waals surface area contributed by atoms with E-state index < -0.39 is 10.0 Å². The van der Waals surface area contributed by atoms with Crippen molar-refractivity contribution in [2.24, 2.45) is 0 Å². The van der Waals surface area contributed by atoms with Gasteiger partial charge in [0.2, 0.25) is 5.76 Å². The number of aryl methyl sites for hydroxylation is 2. The Hall–Kier alpha value is -2.61. The first kappa shape index (κ1) is 14.3. The Bertz CT molecular complexity index is 881. The van der Waals surface area contributed by atoms with Crippen LogP contribution in [0.5, 0.6) is 0 Å². The Labute approximate surface area is 127 Å². The Balaban J connectivity index is 1.94. The van der Waals surface area contributed by atoms with E-state index in [-0.39, 0.29) is 16.5 Å². The van der Waals surface area contributed by atoms with Crippen molar-refractivity contribution in [3.8, 4) is 11.5 Å². The van der Waals surface area contributed by atoms with Gasteiger partial charge in [-0.05, 0) is 25.5 Å². The van der Waals surface area contributed by atoms with Gasteiger partial charge in [-0.2, -0.15) is 0 Å². The lowest BCUT2D eigenvalue weighted by Gasteiger charge is -2.05. The molecular formula is C14H13N3O4S. The Kier molecular flexibility index (Phi) is 3.45. The van der Waals surface area contributed by atoms with Crippen molar-refractivity contribution < 1.29 is 17.4 Å². The van der Waals surface area contributed by atoms with Crippen molar-refractivity contribution >= 4 is 15.8 Å². The lowest BCUT2D eigenvalue weighted by molar-refractivity contribution is 0.414. The van der Waals surface area contributed by atoms with Crippen LogP contribution in [0.4, 0.5) is 5.82 Å². The maximum Gasteiger partial charge on any atom is 0.266 e. The van der Waals surface area contributed by atoms with Crippen molar-refractivity contribution in [3.05, 3.63) is 48.0 Å². The summed E-state index contributed by atoms with van der Waals surface area (Å²) < 4.78 is 37.7. The zero-order valence-electron chi connectivity index (χ0n) is 11.9. The van der Waals surface area contributed by atoms with Crippen molar-refractivity contribution in [1.82, 2.24) is 10.1 Å². The van der Waals surface area contributed by atoms with Crippen LogP contribution in [-0.4, -0.2) is 18.6 Å². The summed E-state index contributed by atoms with van der Waals surface area (Å²) in [6, 6.07) is 6.35. The number of rotatable bonds is 4. The molecule has 0 aliphatic carbocycles. The van der Waals surface area contributed by atoms with E-state index in [9.17, 15) is 8.42 Å². The van der Waals surface area contributed by atoms with E-state index in [4.69, 9.17) is 8.94 Å². The topological polar surface area (TPSA) is 98.2 Å². The van der Waals surface area contributed by atoms with Crippen LogP contribution in [0.1, 0.15) is 11.3 Å². The maximum absolute atomic E-state index is 12.4.